The fraction of sp³-hybridized carbons (Fsp3) is 0.727. The van der Waals surface area contributed by atoms with Crippen LogP contribution in [0.2, 0.25) is 0 Å². The van der Waals surface area contributed by atoms with Gasteiger partial charge in [-0.1, -0.05) is 13.8 Å². The Bertz CT molecular complexity index is 315. The van der Waals surface area contributed by atoms with E-state index in [1.54, 1.807) is 6.92 Å². The summed E-state index contributed by atoms with van der Waals surface area (Å²) in [6.07, 6.45) is 1.21. The number of hydrogen-bond acceptors (Lipinski definition) is 3. The van der Waals surface area contributed by atoms with E-state index >= 15 is 0 Å². The molecule has 0 heterocycles. The maximum Gasteiger partial charge on any atom is 0.367 e. The van der Waals surface area contributed by atoms with Gasteiger partial charge >= 0.3 is 5.97 Å². The Morgan fingerprint density at radius 2 is 1.75 bits per heavy atom. The Hall–Kier alpha value is -0.630. The minimum atomic E-state index is -2.36. The molecule has 0 aromatic carbocycles. The van der Waals surface area contributed by atoms with Crippen molar-refractivity contribution in [2.24, 2.45) is 0 Å². The van der Waals surface area contributed by atoms with E-state index in [0.717, 1.165) is 0 Å². The summed E-state index contributed by atoms with van der Waals surface area (Å²) in [6.45, 7) is 6.88. The van der Waals surface area contributed by atoms with Crippen LogP contribution in [-0.2, 0) is 14.1 Å². The lowest BCUT2D eigenvalue weighted by Gasteiger charge is -2.14. The van der Waals surface area contributed by atoms with Crippen LogP contribution in [0, 0.1) is 0 Å². The average Bonchev–Trinajstić information content (AvgIpc) is 2.28. The van der Waals surface area contributed by atoms with Crippen molar-refractivity contribution in [3.05, 3.63) is 11.4 Å². The van der Waals surface area contributed by atoms with E-state index in [1.165, 1.54) is 6.92 Å². The van der Waals surface area contributed by atoms with Gasteiger partial charge in [0.15, 0.2) is 0 Å². The minimum absolute atomic E-state index is 0.138. The lowest BCUT2D eigenvalue weighted by atomic mass is 10.3. The van der Waals surface area contributed by atoms with Gasteiger partial charge in [-0.2, -0.15) is 4.39 Å². The molecule has 0 amide bonds. The normalized spacial score (nSPS) is 13.3. The molecule has 0 aliphatic heterocycles. The first-order valence-corrected chi connectivity index (χ1v) is 7.75. The van der Waals surface area contributed by atoms with Crippen LogP contribution in [0.15, 0.2) is 11.4 Å². The molecule has 0 bridgehead atoms. The van der Waals surface area contributed by atoms with E-state index in [2.05, 4.69) is 4.74 Å². The van der Waals surface area contributed by atoms with Gasteiger partial charge in [-0.3, -0.25) is 0 Å². The Morgan fingerprint density at radius 1 is 1.25 bits per heavy atom. The molecule has 0 atom stereocenters. The molecule has 0 N–H and O–H groups in total. The molecule has 0 unspecified atom stereocenters. The standard InChI is InChI=1S/C11H20FO3P/c1-5-15-11(13)10(12)9(4)8-16(14,6-2)7-3/h5-8H2,1-4H3/b10-9-. The van der Waals surface area contributed by atoms with E-state index in [-0.39, 0.29) is 18.3 Å². The maximum absolute atomic E-state index is 13.5. The number of carbonyl (C=O) groups excluding carboxylic acids is 1. The summed E-state index contributed by atoms with van der Waals surface area (Å²) >= 11 is 0. The quantitative estimate of drug-likeness (QED) is 0.413. The van der Waals surface area contributed by atoms with Gasteiger partial charge in [-0.25, -0.2) is 4.79 Å². The second-order valence-electron chi connectivity index (χ2n) is 3.66. The van der Waals surface area contributed by atoms with Crippen LogP contribution in [0.1, 0.15) is 27.7 Å². The van der Waals surface area contributed by atoms with E-state index < -0.39 is 18.9 Å². The van der Waals surface area contributed by atoms with Gasteiger partial charge in [-0.15, -0.1) is 0 Å². The molecule has 0 aromatic heterocycles. The van der Waals surface area contributed by atoms with Gasteiger partial charge in [0.25, 0.3) is 0 Å². The van der Waals surface area contributed by atoms with Gasteiger partial charge in [0.2, 0.25) is 5.83 Å². The summed E-state index contributed by atoms with van der Waals surface area (Å²) in [5, 5.41) is 0. The Kier molecular flexibility index (Phi) is 6.58. The van der Waals surface area contributed by atoms with Crippen molar-refractivity contribution in [2.45, 2.75) is 27.7 Å². The van der Waals surface area contributed by atoms with Gasteiger partial charge in [0, 0.05) is 6.16 Å². The predicted molar refractivity (Wildman–Crippen MR) is 64.0 cm³/mol. The Morgan fingerprint density at radius 3 is 2.12 bits per heavy atom. The largest absolute Gasteiger partial charge is 0.461 e. The van der Waals surface area contributed by atoms with Gasteiger partial charge in [0.05, 0.1) is 13.7 Å². The monoisotopic (exact) mass is 250 g/mol. The van der Waals surface area contributed by atoms with Crippen LogP contribution in [0.5, 0.6) is 0 Å². The van der Waals surface area contributed by atoms with Crippen LogP contribution in [0.3, 0.4) is 0 Å². The number of rotatable bonds is 6. The third-order valence-corrected chi connectivity index (χ3v) is 5.86. The van der Waals surface area contributed by atoms with Crippen molar-refractivity contribution in [2.75, 3.05) is 25.1 Å². The highest BCUT2D eigenvalue weighted by atomic mass is 31.2. The zero-order chi connectivity index (χ0) is 12.8. The average molecular weight is 250 g/mol. The topological polar surface area (TPSA) is 43.4 Å². The van der Waals surface area contributed by atoms with Crippen molar-refractivity contribution in [1.82, 2.24) is 0 Å². The summed E-state index contributed by atoms with van der Waals surface area (Å²) in [7, 11) is -2.36. The summed E-state index contributed by atoms with van der Waals surface area (Å²) in [5.41, 5.74) is 0.227. The van der Waals surface area contributed by atoms with E-state index in [0.29, 0.717) is 12.3 Å². The number of hydrogen-bond donors (Lipinski definition) is 0. The molecule has 0 aromatic rings. The number of halogens is 1. The number of allylic oxidation sites excluding steroid dienone is 1. The fourth-order valence-corrected chi connectivity index (χ4v) is 3.22. The number of esters is 1. The van der Waals surface area contributed by atoms with Crippen molar-refractivity contribution in [3.8, 4) is 0 Å². The summed E-state index contributed by atoms with van der Waals surface area (Å²) in [4.78, 5) is 11.1. The van der Waals surface area contributed by atoms with Crippen LogP contribution in [0.4, 0.5) is 4.39 Å². The molecule has 0 fully saturated rings. The molecule has 0 aliphatic carbocycles. The smallest absolute Gasteiger partial charge is 0.367 e. The minimum Gasteiger partial charge on any atom is -0.461 e. The van der Waals surface area contributed by atoms with Crippen molar-refractivity contribution in [3.63, 3.8) is 0 Å². The van der Waals surface area contributed by atoms with Crippen LogP contribution >= 0.6 is 7.14 Å². The summed E-state index contributed by atoms with van der Waals surface area (Å²) in [5.74, 6) is -1.86. The molecule has 16 heavy (non-hydrogen) atoms. The van der Waals surface area contributed by atoms with Crippen molar-refractivity contribution >= 4 is 13.1 Å². The highest BCUT2D eigenvalue weighted by molar-refractivity contribution is 7.64. The number of carbonyl (C=O) groups is 1. The highest BCUT2D eigenvalue weighted by Crippen LogP contribution is 2.46. The van der Waals surface area contributed by atoms with Gasteiger partial charge in [0.1, 0.15) is 0 Å². The van der Waals surface area contributed by atoms with E-state index in [4.69, 9.17) is 0 Å². The lowest BCUT2D eigenvalue weighted by Crippen LogP contribution is -2.08. The first-order valence-electron chi connectivity index (χ1n) is 5.49. The van der Waals surface area contributed by atoms with Crippen LogP contribution < -0.4 is 0 Å². The first-order chi connectivity index (χ1) is 7.40. The zero-order valence-corrected chi connectivity index (χ0v) is 11.3. The molecular formula is C11H20FO3P. The van der Waals surface area contributed by atoms with Crippen molar-refractivity contribution < 1.29 is 18.5 Å². The third-order valence-electron chi connectivity index (χ3n) is 2.51. The Balaban J connectivity index is 4.77. The molecule has 0 saturated heterocycles. The maximum atomic E-state index is 13.5. The molecular weight excluding hydrogens is 230 g/mol. The third kappa shape index (κ3) is 4.48. The highest BCUT2D eigenvalue weighted by Gasteiger charge is 2.22. The van der Waals surface area contributed by atoms with Crippen LogP contribution in [-0.4, -0.2) is 31.1 Å². The molecule has 94 valence electrons. The zero-order valence-electron chi connectivity index (χ0n) is 10.4. The molecule has 0 saturated carbocycles. The summed E-state index contributed by atoms with van der Waals surface area (Å²) < 4.78 is 30.1. The van der Waals surface area contributed by atoms with Crippen LogP contribution in [0.25, 0.3) is 0 Å². The second-order valence-corrected chi connectivity index (χ2v) is 7.36. The SMILES string of the molecule is CCOC(=O)/C(F)=C(\C)CP(=O)(CC)CC. The van der Waals surface area contributed by atoms with Crippen molar-refractivity contribution in [1.29, 1.82) is 0 Å². The first kappa shape index (κ1) is 15.4. The Labute approximate surface area is 96.4 Å². The fourth-order valence-electron chi connectivity index (χ4n) is 1.32. The van der Waals surface area contributed by atoms with Gasteiger partial charge in [-0.05, 0) is 31.7 Å². The molecule has 0 aliphatic rings. The molecule has 0 rings (SSSR count). The van der Waals surface area contributed by atoms with E-state index in [9.17, 15) is 13.8 Å². The predicted octanol–water partition coefficient (Wildman–Crippen LogP) is 3.20. The molecule has 5 heteroatoms. The summed E-state index contributed by atoms with van der Waals surface area (Å²) in [6, 6.07) is 0. The molecule has 3 nitrogen and oxygen atoms in total. The molecule has 0 spiro atoms. The van der Waals surface area contributed by atoms with E-state index in [1.807, 2.05) is 13.8 Å². The number of ether oxygens (including phenoxy) is 1. The second kappa shape index (κ2) is 6.85. The lowest BCUT2D eigenvalue weighted by molar-refractivity contribution is -0.140. The molecule has 0 radical (unpaired) electrons. The van der Waals surface area contributed by atoms with Gasteiger partial charge < -0.3 is 9.30 Å².